The number of benzene rings is 1. The highest BCUT2D eigenvalue weighted by molar-refractivity contribution is 7.80. The Morgan fingerprint density at radius 1 is 1.25 bits per heavy atom. The van der Waals surface area contributed by atoms with Gasteiger partial charge in [0.1, 0.15) is 4.99 Å². The van der Waals surface area contributed by atoms with Crippen LogP contribution in [0.4, 0.5) is 0 Å². The molecule has 0 amide bonds. The van der Waals surface area contributed by atoms with Crippen molar-refractivity contribution >= 4 is 17.2 Å². The molecule has 0 spiro atoms. The van der Waals surface area contributed by atoms with Crippen LogP contribution in [0.2, 0.25) is 0 Å². The predicted octanol–water partition coefficient (Wildman–Crippen LogP) is 2.91. The summed E-state index contributed by atoms with van der Waals surface area (Å²) >= 11 is 4.97. The minimum absolute atomic E-state index is 0.204. The Kier molecular flexibility index (Phi) is 6.23. The van der Waals surface area contributed by atoms with E-state index in [0.29, 0.717) is 29.7 Å². The Morgan fingerprint density at radius 2 is 1.95 bits per heavy atom. The van der Waals surface area contributed by atoms with Gasteiger partial charge in [-0.15, -0.1) is 0 Å². The van der Waals surface area contributed by atoms with Crippen LogP contribution >= 0.6 is 12.2 Å². The Morgan fingerprint density at radius 3 is 2.50 bits per heavy atom. The van der Waals surface area contributed by atoms with E-state index in [1.54, 1.807) is 7.11 Å². The third kappa shape index (κ3) is 4.98. The number of hydrogen-bond donors (Lipinski definition) is 1. The van der Waals surface area contributed by atoms with Crippen LogP contribution in [0.3, 0.4) is 0 Å². The van der Waals surface area contributed by atoms with Crippen LogP contribution in [-0.4, -0.2) is 30.9 Å². The Bertz CT molecular complexity index is 460. The fourth-order valence-corrected chi connectivity index (χ4v) is 1.68. The molecule has 0 saturated heterocycles. The van der Waals surface area contributed by atoms with Crippen LogP contribution in [0.5, 0.6) is 11.5 Å². The van der Waals surface area contributed by atoms with Crippen molar-refractivity contribution in [1.29, 1.82) is 0 Å². The van der Waals surface area contributed by atoms with Gasteiger partial charge in [0, 0.05) is 19.1 Å². The summed E-state index contributed by atoms with van der Waals surface area (Å²) in [6, 6.07) is 5.48. The third-order valence-corrected chi connectivity index (χ3v) is 3.28. The van der Waals surface area contributed by atoms with E-state index in [-0.39, 0.29) is 5.60 Å². The summed E-state index contributed by atoms with van der Waals surface area (Å²) in [6.07, 6.45) is 0.784. The van der Waals surface area contributed by atoms with E-state index in [1.807, 2.05) is 39.0 Å². The molecule has 0 aliphatic carbocycles. The standard InChI is InChI=1S/C15H23NO3S/c1-5-18-13-10-11(14(16)20)6-7-12(13)19-9-8-15(2,3)17-4/h6-7,10H,5,8-9H2,1-4H3,(H2,16,20). The van der Waals surface area contributed by atoms with Gasteiger partial charge in [-0.2, -0.15) is 0 Å². The number of rotatable bonds is 8. The molecule has 0 radical (unpaired) electrons. The van der Waals surface area contributed by atoms with Crippen LogP contribution in [0.25, 0.3) is 0 Å². The van der Waals surface area contributed by atoms with Gasteiger partial charge in [0.05, 0.1) is 18.8 Å². The smallest absolute Gasteiger partial charge is 0.161 e. The third-order valence-electron chi connectivity index (χ3n) is 3.04. The van der Waals surface area contributed by atoms with Crippen molar-refractivity contribution in [1.82, 2.24) is 0 Å². The van der Waals surface area contributed by atoms with Gasteiger partial charge >= 0.3 is 0 Å². The highest BCUT2D eigenvalue weighted by Crippen LogP contribution is 2.29. The molecule has 112 valence electrons. The zero-order valence-corrected chi connectivity index (χ0v) is 13.4. The zero-order valence-electron chi connectivity index (χ0n) is 12.6. The molecule has 5 heteroatoms. The van der Waals surface area contributed by atoms with Crippen molar-refractivity contribution in [3.8, 4) is 11.5 Å². The van der Waals surface area contributed by atoms with Gasteiger partial charge in [0.2, 0.25) is 0 Å². The summed E-state index contributed by atoms with van der Waals surface area (Å²) in [4.78, 5) is 0.345. The molecule has 1 aromatic carbocycles. The van der Waals surface area contributed by atoms with Crippen LogP contribution in [0.15, 0.2) is 18.2 Å². The van der Waals surface area contributed by atoms with Crippen molar-refractivity contribution in [3.05, 3.63) is 23.8 Å². The zero-order chi connectivity index (χ0) is 15.2. The maximum absolute atomic E-state index is 5.77. The summed E-state index contributed by atoms with van der Waals surface area (Å²) in [5, 5.41) is 0. The topological polar surface area (TPSA) is 53.7 Å². The van der Waals surface area contributed by atoms with E-state index < -0.39 is 0 Å². The Labute approximate surface area is 126 Å². The van der Waals surface area contributed by atoms with Crippen molar-refractivity contribution in [2.45, 2.75) is 32.8 Å². The first-order valence-corrected chi connectivity index (χ1v) is 7.05. The molecule has 0 aliphatic heterocycles. The summed E-state index contributed by atoms with van der Waals surface area (Å²) in [6.45, 7) is 7.07. The molecule has 4 nitrogen and oxygen atoms in total. The van der Waals surface area contributed by atoms with Crippen molar-refractivity contribution in [2.24, 2.45) is 5.73 Å². The molecule has 0 aliphatic rings. The monoisotopic (exact) mass is 297 g/mol. The Hall–Kier alpha value is -1.33. The predicted molar refractivity (Wildman–Crippen MR) is 84.7 cm³/mol. The van der Waals surface area contributed by atoms with Crippen LogP contribution < -0.4 is 15.2 Å². The fraction of sp³-hybridized carbons (Fsp3) is 0.533. The maximum Gasteiger partial charge on any atom is 0.161 e. The number of thiocarbonyl (C=S) groups is 1. The second-order valence-electron chi connectivity index (χ2n) is 5.02. The van der Waals surface area contributed by atoms with Crippen LogP contribution in [0.1, 0.15) is 32.8 Å². The largest absolute Gasteiger partial charge is 0.490 e. The minimum Gasteiger partial charge on any atom is -0.490 e. The average molecular weight is 297 g/mol. The highest BCUT2D eigenvalue weighted by Gasteiger charge is 2.17. The molecule has 0 bridgehead atoms. The fourth-order valence-electron chi connectivity index (χ4n) is 1.56. The lowest BCUT2D eigenvalue weighted by Crippen LogP contribution is -2.25. The van der Waals surface area contributed by atoms with Gasteiger partial charge < -0.3 is 19.9 Å². The van der Waals surface area contributed by atoms with Gasteiger partial charge in [-0.05, 0) is 39.0 Å². The molecule has 1 rings (SSSR count). The van der Waals surface area contributed by atoms with Gasteiger partial charge in [0.25, 0.3) is 0 Å². The maximum atomic E-state index is 5.77. The lowest BCUT2D eigenvalue weighted by molar-refractivity contribution is 0.00521. The minimum atomic E-state index is -0.204. The second kappa shape index (κ2) is 7.45. The Balaban J connectivity index is 2.76. The lowest BCUT2D eigenvalue weighted by atomic mass is 10.1. The molecule has 2 N–H and O–H groups in total. The van der Waals surface area contributed by atoms with Crippen LogP contribution in [0, 0.1) is 0 Å². The number of ether oxygens (including phenoxy) is 3. The first kappa shape index (κ1) is 16.7. The summed E-state index contributed by atoms with van der Waals surface area (Å²) < 4.78 is 16.7. The molecule has 0 atom stereocenters. The molecule has 0 saturated carbocycles. The molecule has 0 unspecified atom stereocenters. The normalized spacial score (nSPS) is 11.2. The SMILES string of the molecule is CCOc1cc(C(N)=S)ccc1OCCC(C)(C)OC. The molecule has 0 fully saturated rings. The van der Waals surface area contributed by atoms with E-state index in [2.05, 4.69) is 0 Å². The van der Waals surface area contributed by atoms with E-state index in [1.165, 1.54) is 0 Å². The van der Waals surface area contributed by atoms with E-state index in [4.69, 9.17) is 32.2 Å². The van der Waals surface area contributed by atoms with Crippen LogP contribution in [-0.2, 0) is 4.74 Å². The van der Waals surface area contributed by atoms with Gasteiger partial charge in [-0.1, -0.05) is 12.2 Å². The van der Waals surface area contributed by atoms with E-state index >= 15 is 0 Å². The van der Waals surface area contributed by atoms with E-state index in [0.717, 1.165) is 12.0 Å². The first-order chi connectivity index (χ1) is 9.39. The van der Waals surface area contributed by atoms with Crippen molar-refractivity contribution in [2.75, 3.05) is 20.3 Å². The molecule has 20 heavy (non-hydrogen) atoms. The highest BCUT2D eigenvalue weighted by atomic mass is 32.1. The molecular weight excluding hydrogens is 274 g/mol. The van der Waals surface area contributed by atoms with Gasteiger partial charge in [-0.25, -0.2) is 0 Å². The summed E-state index contributed by atoms with van der Waals surface area (Å²) in [7, 11) is 1.70. The quantitative estimate of drug-likeness (QED) is 0.748. The number of hydrogen-bond acceptors (Lipinski definition) is 4. The lowest BCUT2D eigenvalue weighted by Gasteiger charge is -2.23. The number of nitrogens with two attached hydrogens (primary N) is 1. The first-order valence-electron chi connectivity index (χ1n) is 6.64. The summed E-state index contributed by atoms with van der Waals surface area (Å²) in [5.74, 6) is 1.35. The molecule has 1 aromatic rings. The van der Waals surface area contributed by atoms with Gasteiger partial charge in [0.15, 0.2) is 11.5 Å². The summed E-state index contributed by atoms with van der Waals surface area (Å²) in [5.41, 5.74) is 6.19. The van der Waals surface area contributed by atoms with Crippen molar-refractivity contribution < 1.29 is 14.2 Å². The molecule has 0 aromatic heterocycles. The molecular formula is C15H23NO3S. The number of methoxy groups -OCH3 is 1. The van der Waals surface area contributed by atoms with Gasteiger partial charge in [-0.3, -0.25) is 0 Å². The van der Waals surface area contributed by atoms with Crippen molar-refractivity contribution in [3.63, 3.8) is 0 Å². The molecule has 0 heterocycles. The average Bonchev–Trinajstić information content (AvgIpc) is 2.40. The second-order valence-corrected chi connectivity index (χ2v) is 5.46. The van der Waals surface area contributed by atoms with E-state index in [9.17, 15) is 0 Å².